The molecule has 6 nitrogen and oxygen atoms in total. The second kappa shape index (κ2) is 9.24. The number of methoxy groups -OCH3 is 1. The molecule has 0 amide bonds. The van der Waals surface area contributed by atoms with E-state index in [2.05, 4.69) is 4.72 Å². The number of nitrogens with one attached hydrogen (secondary N) is 1. The Bertz CT molecular complexity index is 1220. The molecule has 7 heteroatoms. The standard InChI is InChI=1S/C25H25NO5S/c1-31-20-7-5-6-19(16-20)24(28)15-17-10-11-18-12-13-23(27)25(22(18)14-17)26-32(29,30)21-8-3-2-4-9-21/h2-11,14,16,23,25-27H,12-13,15H2,1H3/t23-,25-/m1/s1. The SMILES string of the molecule is COc1cccc(C(=O)Cc2ccc3c(c2)[C@@H](NS(=O)(=O)c2ccccc2)[C@H](O)CC3)c1. The van der Waals surface area contributed by atoms with E-state index in [1.807, 2.05) is 18.2 Å². The van der Waals surface area contributed by atoms with E-state index in [0.29, 0.717) is 29.7 Å². The van der Waals surface area contributed by atoms with Crippen LogP contribution in [0.1, 0.15) is 39.5 Å². The molecule has 0 radical (unpaired) electrons. The number of aliphatic hydroxyl groups is 1. The molecule has 0 heterocycles. The maximum absolute atomic E-state index is 12.9. The van der Waals surface area contributed by atoms with E-state index < -0.39 is 22.2 Å². The van der Waals surface area contributed by atoms with E-state index in [1.165, 1.54) is 12.1 Å². The quantitative estimate of drug-likeness (QED) is 0.537. The van der Waals surface area contributed by atoms with E-state index in [4.69, 9.17) is 4.74 Å². The van der Waals surface area contributed by atoms with Gasteiger partial charge in [0.1, 0.15) is 5.75 Å². The van der Waals surface area contributed by atoms with Crippen LogP contribution in [0.15, 0.2) is 77.7 Å². The minimum absolute atomic E-state index is 0.0679. The van der Waals surface area contributed by atoms with Crippen LogP contribution >= 0.6 is 0 Å². The first-order valence-electron chi connectivity index (χ1n) is 10.4. The Hall–Kier alpha value is -3.00. The summed E-state index contributed by atoms with van der Waals surface area (Å²) in [6, 6.07) is 19.9. The molecule has 3 aromatic carbocycles. The van der Waals surface area contributed by atoms with Crippen LogP contribution in [-0.4, -0.2) is 32.5 Å². The molecule has 0 saturated heterocycles. The molecule has 2 atom stereocenters. The second-order valence-corrected chi connectivity index (χ2v) is 9.60. The van der Waals surface area contributed by atoms with Gasteiger partial charge < -0.3 is 9.84 Å². The zero-order chi connectivity index (χ0) is 22.7. The lowest BCUT2D eigenvalue weighted by atomic mass is 9.84. The molecule has 0 aromatic heterocycles. The molecular formula is C25H25NO5S. The van der Waals surface area contributed by atoms with Gasteiger partial charge in [0.15, 0.2) is 5.78 Å². The van der Waals surface area contributed by atoms with Crippen molar-refractivity contribution in [3.05, 3.63) is 95.1 Å². The Labute approximate surface area is 187 Å². The summed E-state index contributed by atoms with van der Waals surface area (Å²) in [5.41, 5.74) is 2.98. The van der Waals surface area contributed by atoms with Crippen molar-refractivity contribution < 1.29 is 23.1 Å². The van der Waals surface area contributed by atoms with Crippen LogP contribution in [-0.2, 0) is 22.9 Å². The van der Waals surface area contributed by atoms with Gasteiger partial charge in [0.05, 0.1) is 24.2 Å². The Morgan fingerprint density at radius 1 is 1.06 bits per heavy atom. The number of Topliss-reactive ketones (excluding diaryl/α,β-unsaturated/α-hetero) is 1. The number of sulfonamides is 1. The zero-order valence-electron chi connectivity index (χ0n) is 17.7. The maximum Gasteiger partial charge on any atom is 0.241 e. The van der Waals surface area contributed by atoms with Gasteiger partial charge in [-0.1, -0.05) is 48.5 Å². The van der Waals surface area contributed by atoms with Crippen molar-refractivity contribution in [1.29, 1.82) is 0 Å². The van der Waals surface area contributed by atoms with Crippen molar-refractivity contribution in [3.8, 4) is 5.75 Å². The summed E-state index contributed by atoms with van der Waals surface area (Å²) in [5.74, 6) is 0.543. The third-order valence-corrected chi connectivity index (χ3v) is 7.19. The predicted octanol–water partition coefficient (Wildman–Crippen LogP) is 3.45. The Morgan fingerprint density at radius 3 is 2.59 bits per heavy atom. The van der Waals surface area contributed by atoms with Gasteiger partial charge in [0, 0.05) is 12.0 Å². The van der Waals surface area contributed by atoms with Crippen LogP contribution < -0.4 is 9.46 Å². The van der Waals surface area contributed by atoms with Crippen molar-refractivity contribution in [2.45, 2.75) is 36.3 Å². The molecule has 0 fully saturated rings. The van der Waals surface area contributed by atoms with E-state index in [-0.39, 0.29) is 17.1 Å². The molecular weight excluding hydrogens is 426 g/mol. The number of fused-ring (bicyclic) bond motifs is 1. The lowest BCUT2D eigenvalue weighted by Crippen LogP contribution is -2.39. The smallest absolute Gasteiger partial charge is 0.241 e. The average molecular weight is 452 g/mol. The number of ketones is 1. The third kappa shape index (κ3) is 4.75. The van der Waals surface area contributed by atoms with Gasteiger partial charge >= 0.3 is 0 Å². The van der Waals surface area contributed by atoms with Gasteiger partial charge in [-0.3, -0.25) is 4.79 Å². The minimum atomic E-state index is -3.81. The van der Waals surface area contributed by atoms with Gasteiger partial charge in [0.2, 0.25) is 10.0 Å². The first-order valence-corrected chi connectivity index (χ1v) is 11.9. The average Bonchev–Trinajstić information content (AvgIpc) is 2.81. The number of aryl methyl sites for hydroxylation is 1. The van der Waals surface area contributed by atoms with Crippen LogP contribution in [0.4, 0.5) is 0 Å². The maximum atomic E-state index is 12.9. The molecule has 0 spiro atoms. The molecule has 32 heavy (non-hydrogen) atoms. The molecule has 166 valence electrons. The summed E-state index contributed by atoms with van der Waals surface area (Å²) in [7, 11) is -2.26. The number of ether oxygens (including phenoxy) is 1. The lowest BCUT2D eigenvalue weighted by molar-refractivity contribution is 0.0992. The fourth-order valence-corrected chi connectivity index (χ4v) is 5.28. The summed E-state index contributed by atoms with van der Waals surface area (Å²) >= 11 is 0. The summed E-state index contributed by atoms with van der Waals surface area (Å²) in [4.78, 5) is 12.9. The number of aliphatic hydroxyl groups excluding tert-OH is 1. The Kier molecular flexibility index (Phi) is 6.41. The minimum Gasteiger partial charge on any atom is -0.497 e. The van der Waals surface area contributed by atoms with Crippen LogP contribution in [0.3, 0.4) is 0 Å². The zero-order valence-corrected chi connectivity index (χ0v) is 18.5. The van der Waals surface area contributed by atoms with Gasteiger partial charge in [-0.15, -0.1) is 0 Å². The van der Waals surface area contributed by atoms with E-state index in [0.717, 1.165) is 11.1 Å². The fraction of sp³-hybridized carbons (Fsp3) is 0.240. The van der Waals surface area contributed by atoms with Gasteiger partial charge in [-0.2, -0.15) is 0 Å². The summed E-state index contributed by atoms with van der Waals surface area (Å²) in [6.45, 7) is 0. The van der Waals surface area contributed by atoms with Crippen LogP contribution in [0.2, 0.25) is 0 Å². The number of rotatable bonds is 7. The highest BCUT2D eigenvalue weighted by atomic mass is 32.2. The Morgan fingerprint density at radius 2 is 1.84 bits per heavy atom. The molecule has 3 aromatic rings. The lowest BCUT2D eigenvalue weighted by Gasteiger charge is -2.31. The molecule has 0 unspecified atom stereocenters. The van der Waals surface area contributed by atoms with Crippen molar-refractivity contribution in [2.24, 2.45) is 0 Å². The number of hydrogen-bond acceptors (Lipinski definition) is 5. The normalized spacial score (nSPS) is 18.1. The van der Waals surface area contributed by atoms with Crippen molar-refractivity contribution in [2.75, 3.05) is 7.11 Å². The highest BCUT2D eigenvalue weighted by molar-refractivity contribution is 7.89. The molecule has 2 N–H and O–H groups in total. The van der Waals surface area contributed by atoms with E-state index in [1.54, 1.807) is 49.6 Å². The number of carbonyl (C=O) groups is 1. The highest BCUT2D eigenvalue weighted by Crippen LogP contribution is 2.32. The van der Waals surface area contributed by atoms with Crippen LogP contribution in [0.25, 0.3) is 0 Å². The fourth-order valence-electron chi connectivity index (χ4n) is 4.01. The van der Waals surface area contributed by atoms with Crippen LogP contribution in [0, 0.1) is 0 Å². The molecule has 0 saturated carbocycles. The third-order valence-electron chi connectivity index (χ3n) is 5.73. The van der Waals surface area contributed by atoms with Crippen LogP contribution in [0.5, 0.6) is 5.75 Å². The topological polar surface area (TPSA) is 92.7 Å². The van der Waals surface area contributed by atoms with Gasteiger partial charge in [0.25, 0.3) is 0 Å². The van der Waals surface area contributed by atoms with Gasteiger partial charge in [-0.25, -0.2) is 13.1 Å². The first kappa shape index (κ1) is 22.2. The monoisotopic (exact) mass is 451 g/mol. The predicted molar refractivity (Wildman–Crippen MR) is 121 cm³/mol. The van der Waals surface area contributed by atoms with Crippen molar-refractivity contribution in [1.82, 2.24) is 4.72 Å². The molecule has 4 rings (SSSR count). The molecule has 1 aliphatic carbocycles. The second-order valence-electron chi connectivity index (χ2n) is 7.88. The molecule has 0 bridgehead atoms. The van der Waals surface area contributed by atoms with Gasteiger partial charge in [-0.05, 0) is 53.8 Å². The van der Waals surface area contributed by atoms with E-state index in [9.17, 15) is 18.3 Å². The largest absolute Gasteiger partial charge is 0.497 e. The molecule has 0 aliphatic heterocycles. The number of carbonyl (C=O) groups excluding carboxylic acids is 1. The summed E-state index contributed by atoms with van der Waals surface area (Å²) in [6.07, 6.45) is 0.404. The number of benzene rings is 3. The number of hydrogen-bond donors (Lipinski definition) is 2. The Balaban J connectivity index is 1.61. The first-order chi connectivity index (χ1) is 15.4. The highest BCUT2D eigenvalue weighted by Gasteiger charge is 2.32. The summed E-state index contributed by atoms with van der Waals surface area (Å²) < 4.78 is 33.6. The van der Waals surface area contributed by atoms with E-state index >= 15 is 0 Å². The van der Waals surface area contributed by atoms with Crippen molar-refractivity contribution >= 4 is 15.8 Å². The molecule has 1 aliphatic rings. The van der Waals surface area contributed by atoms with Crippen molar-refractivity contribution in [3.63, 3.8) is 0 Å². The summed E-state index contributed by atoms with van der Waals surface area (Å²) in [5, 5.41) is 10.6.